The lowest BCUT2D eigenvalue weighted by molar-refractivity contribution is -0.167. The Kier molecular flexibility index (Phi) is 3.80. The van der Waals surface area contributed by atoms with Gasteiger partial charge in [0.05, 0.1) is 18.3 Å². The van der Waals surface area contributed by atoms with Gasteiger partial charge in [-0.1, -0.05) is 6.42 Å². The zero-order valence-electron chi connectivity index (χ0n) is 12.7. The van der Waals surface area contributed by atoms with Gasteiger partial charge in [0.2, 0.25) is 5.91 Å². The van der Waals surface area contributed by atoms with Crippen molar-refractivity contribution in [3.05, 3.63) is 0 Å². The smallest absolute Gasteiger partial charge is 0.223 e. The van der Waals surface area contributed by atoms with Crippen LogP contribution < -0.4 is 0 Å². The summed E-state index contributed by atoms with van der Waals surface area (Å²) >= 11 is 0. The molecule has 4 nitrogen and oxygen atoms in total. The van der Waals surface area contributed by atoms with E-state index in [4.69, 9.17) is 4.74 Å². The van der Waals surface area contributed by atoms with E-state index in [1.54, 1.807) is 0 Å². The molecule has 1 N–H and O–H groups in total. The topological polar surface area (TPSA) is 49.8 Å². The zero-order chi connectivity index (χ0) is 14.3. The first kappa shape index (κ1) is 14.3. The molecule has 0 aromatic heterocycles. The molecular weight excluding hydrogens is 254 g/mol. The van der Waals surface area contributed by atoms with Crippen molar-refractivity contribution in [3.8, 4) is 0 Å². The fourth-order valence-corrected chi connectivity index (χ4v) is 4.56. The first-order valence-corrected chi connectivity index (χ1v) is 8.03. The Balaban J connectivity index is 1.59. The van der Waals surface area contributed by atoms with Gasteiger partial charge in [0.15, 0.2) is 0 Å². The van der Waals surface area contributed by atoms with Crippen molar-refractivity contribution < 1.29 is 14.6 Å². The molecule has 0 spiro atoms. The molecule has 20 heavy (non-hydrogen) atoms. The molecule has 0 aromatic rings. The van der Waals surface area contributed by atoms with E-state index in [0.717, 1.165) is 11.8 Å². The number of aliphatic hydroxyl groups is 1. The summed E-state index contributed by atoms with van der Waals surface area (Å²) in [6.45, 7) is 5.16. The second-order valence-electron chi connectivity index (χ2n) is 7.60. The van der Waals surface area contributed by atoms with Gasteiger partial charge >= 0.3 is 0 Å². The summed E-state index contributed by atoms with van der Waals surface area (Å²) in [5, 5.41) is 9.33. The second-order valence-corrected chi connectivity index (χ2v) is 7.60. The first-order chi connectivity index (χ1) is 9.47. The van der Waals surface area contributed by atoms with E-state index in [-0.39, 0.29) is 24.2 Å². The Labute approximate surface area is 121 Å². The maximum atomic E-state index is 12.6. The van der Waals surface area contributed by atoms with Crippen LogP contribution in [0.15, 0.2) is 0 Å². The summed E-state index contributed by atoms with van der Waals surface area (Å²) in [4.78, 5) is 14.5. The minimum atomic E-state index is -0.351. The standard InChI is InChI=1S/C16H27NO3/c1-16(2)10-17(8-14(9-18)20-16)15(19)7-13-6-11-3-4-12(13)5-11/h11-14,18H,3-10H2,1-2H3. The summed E-state index contributed by atoms with van der Waals surface area (Å²) in [5.41, 5.74) is -0.351. The molecule has 114 valence electrons. The number of fused-ring (bicyclic) bond motifs is 2. The number of nitrogens with zero attached hydrogens (tertiary/aromatic N) is 1. The Morgan fingerprint density at radius 1 is 1.35 bits per heavy atom. The number of aliphatic hydroxyl groups excluding tert-OH is 1. The lowest BCUT2D eigenvalue weighted by Gasteiger charge is -2.42. The molecule has 0 radical (unpaired) electrons. The van der Waals surface area contributed by atoms with Gasteiger partial charge in [-0.15, -0.1) is 0 Å². The summed E-state index contributed by atoms with van der Waals surface area (Å²) in [6, 6.07) is 0. The summed E-state index contributed by atoms with van der Waals surface area (Å²) in [7, 11) is 0. The molecule has 3 aliphatic rings. The van der Waals surface area contributed by atoms with Crippen LogP contribution in [0.25, 0.3) is 0 Å². The van der Waals surface area contributed by atoms with Crippen molar-refractivity contribution in [3.63, 3.8) is 0 Å². The van der Waals surface area contributed by atoms with Crippen molar-refractivity contribution in [2.24, 2.45) is 17.8 Å². The molecule has 2 aliphatic carbocycles. The number of hydrogen-bond donors (Lipinski definition) is 1. The lowest BCUT2D eigenvalue weighted by atomic mass is 9.86. The average molecular weight is 281 g/mol. The molecule has 4 heteroatoms. The largest absolute Gasteiger partial charge is 0.394 e. The first-order valence-electron chi connectivity index (χ1n) is 8.03. The molecule has 1 aliphatic heterocycles. The number of carbonyl (C=O) groups is 1. The molecule has 2 saturated carbocycles. The third-order valence-corrected chi connectivity index (χ3v) is 5.36. The molecule has 1 saturated heterocycles. The molecule has 3 rings (SSSR count). The molecule has 3 fully saturated rings. The number of rotatable bonds is 3. The third-order valence-electron chi connectivity index (χ3n) is 5.36. The van der Waals surface area contributed by atoms with Gasteiger partial charge in [0, 0.05) is 19.5 Å². The lowest BCUT2D eigenvalue weighted by Crippen LogP contribution is -2.55. The van der Waals surface area contributed by atoms with E-state index < -0.39 is 0 Å². The number of carbonyl (C=O) groups excluding carboxylic acids is 1. The van der Waals surface area contributed by atoms with Gasteiger partial charge < -0.3 is 14.7 Å². The highest BCUT2D eigenvalue weighted by Gasteiger charge is 2.42. The van der Waals surface area contributed by atoms with E-state index in [2.05, 4.69) is 0 Å². The van der Waals surface area contributed by atoms with E-state index in [9.17, 15) is 9.90 Å². The van der Waals surface area contributed by atoms with Crippen molar-refractivity contribution in [2.45, 2.75) is 57.7 Å². The van der Waals surface area contributed by atoms with Gasteiger partial charge in [-0.25, -0.2) is 0 Å². The van der Waals surface area contributed by atoms with Crippen molar-refractivity contribution in [2.75, 3.05) is 19.7 Å². The summed E-state index contributed by atoms with van der Waals surface area (Å²) in [5.74, 6) is 2.56. The maximum absolute atomic E-state index is 12.6. The molecular formula is C16H27NO3. The van der Waals surface area contributed by atoms with Crippen LogP contribution in [0.1, 0.15) is 46.0 Å². The van der Waals surface area contributed by atoms with Gasteiger partial charge in [-0.05, 0) is 50.9 Å². The van der Waals surface area contributed by atoms with E-state index >= 15 is 0 Å². The predicted octanol–water partition coefficient (Wildman–Crippen LogP) is 1.81. The van der Waals surface area contributed by atoms with Crippen LogP contribution in [0.2, 0.25) is 0 Å². The Bertz CT molecular complexity index is 382. The molecule has 4 atom stereocenters. The average Bonchev–Trinajstić information content (AvgIpc) is 2.99. The minimum absolute atomic E-state index is 0.0126. The quantitative estimate of drug-likeness (QED) is 0.858. The van der Waals surface area contributed by atoms with Crippen molar-refractivity contribution in [1.29, 1.82) is 0 Å². The van der Waals surface area contributed by atoms with Crippen LogP contribution in [-0.4, -0.2) is 47.3 Å². The van der Waals surface area contributed by atoms with E-state index in [1.165, 1.54) is 25.7 Å². The highest BCUT2D eigenvalue weighted by molar-refractivity contribution is 5.76. The van der Waals surface area contributed by atoms with Crippen LogP contribution in [0.5, 0.6) is 0 Å². The fraction of sp³-hybridized carbons (Fsp3) is 0.938. The Morgan fingerprint density at radius 2 is 2.15 bits per heavy atom. The number of morpholine rings is 1. The maximum Gasteiger partial charge on any atom is 0.223 e. The third kappa shape index (κ3) is 2.86. The molecule has 0 aromatic carbocycles. The Hall–Kier alpha value is -0.610. The van der Waals surface area contributed by atoms with E-state index in [1.807, 2.05) is 18.7 Å². The van der Waals surface area contributed by atoms with Gasteiger partial charge in [0.1, 0.15) is 0 Å². The zero-order valence-corrected chi connectivity index (χ0v) is 12.7. The SMILES string of the molecule is CC1(C)CN(C(=O)CC2CC3CCC2C3)CC(CO)O1. The highest BCUT2D eigenvalue weighted by Crippen LogP contribution is 2.49. The highest BCUT2D eigenvalue weighted by atomic mass is 16.5. The molecule has 4 unspecified atom stereocenters. The minimum Gasteiger partial charge on any atom is -0.394 e. The normalized spacial score (nSPS) is 39.2. The van der Waals surface area contributed by atoms with Gasteiger partial charge in [-0.3, -0.25) is 4.79 Å². The predicted molar refractivity (Wildman–Crippen MR) is 76.2 cm³/mol. The molecule has 1 amide bonds. The van der Waals surface area contributed by atoms with Gasteiger partial charge in [0.25, 0.3) is 0 Å². The monoisotopic (exact) mass is 281 g/mol. The van der Waals surface area contributed by atoms with Crippen LogP contribution in [-0.2, 0) is 9.53 Å². The van der Waals surface area contributed by atoms with E-state index in [0.29, 0.717) is 25.4 Å². The van der Waals surface area contributed by atoms with Crippen LogP contribution in [0, 0.1) is 17.8 Å². The number of ether oxygens (including phenoxy) is 1. The van der Waals surface area contributed by atoms with Crippen molar-refractivity contribution >= 4 is 5.91 Å². The number of amides is 1. The van der Waals surface area contributed by atoms with Crippen molar-refractivity contribution in [1.82, 2.24) is 4.90 Å². The van der Waals surface area contributed by atoms with Crippen LogP contribution in [0.4, 0.5) is 0 Å². The second kappa shape index (κ2) is 5.30. The van der Waals surface area contributed by atoms with Crippen LogP contribution >= 0.6 is 0 Å². The van der Waals surface area contributed by atoms with Crippen LogP contribution in [0.3, 0.4) is 0 Å². The number of hydrogen-bond acceptors (Lipinski definition) is 3. The molecule has 2 bridgehead atoms. The van der Waals surface area contributed by atoms with Gasteiger partial charge in [-0.2, -0.15) is 0 Å². The fourth-order valence-electron chi connectivity index (χ4n) is 4.56. The summed E-state index contributed by atoms with van der Waals surface area (Å²) in [6.07, 6.45) is 5.79. The Morgan fingerprint density at radius 3 is 2.75 bits per heavy atom. The summed E-state index contributed by atoms with van der Waals surface area (Å²) < 4.78 is 5.78. The molecule has 1 heterocycles.